The lowest BCUT2D eigenvalue weighted by molar-refractivity contribution is -0.133. The Balaban J connectivity index is 1.59. The summed E-state index contributed by atoms with van der Waals surface area (Å²) in [5, 5.41) is 1.89. The van der Waals surface area contributed by atoms with Gasteiger partial charge < -0.3 is 9.64 Å². The molecule has 0 radical (unpaired) electrons. The van der Waals surface area contributed by atoms with Crippen molar-refractivity contribution >= 4 is 29.1 Å². The Morgan fingerprint density at radius 2 is 2.23 bits per heavy atom. The monoisotopic (exact) mass is 322 g/mol. The Kier molecular flexibility index (Phi) is 4.42. The maximum absolute atomic E-state index is 12.4. The van der Waals surface area contributed by atoms with E-state index >= 15 is 0 Å². The van der Waals surface area contributed by atoms with Gasteiger partial charge in [-0.25, -0.2) is 4.79 Å². The van der Waals surface area contributed by atoms with Gasteiger partial charge in [0.2, 0.25) is 5.91 Å². The molecule has 3 heterocycles. The topological polar surface area (TPSA) is 66.9 Å². The van der Waals surface area contributed by atoms with E-state index in [1.807, 2.05) is 17.5 Å². The van der Waals surface area contributed by atoms with Crippen LogP contribution in [0.2, 0.25) is 0 Å². The fourth-order valence-corrected chi connectivity index (χ4v) is 3.61. The second kappa shape index (κ2) is 6.48. The van der Waals surface area contributed by atoms with Crippen LogP contribution in [0.1, 0.15) is 22.5 Å². The minimum Gasteiger partial charge on any atom is -0.448 e. The van der Waals surface area contributed by atoms with Crippen molar-refractivity contribution in [1.82, 2.24) is 9.80 Å². The van der Waals surface area contributed by atoms with Crippen LogP contribution in [0, 0.1) is 5.92 Å². The second-order valence-corrected chi connectivity index (χ2v) is 6.50. The molecule has 118 valence electrons. The number of ether oxygens (including phenoxy) is 1. The minimum atomic E-state index is -0.434. The predicted octanol–water partition coefficient (Wildman–Crippen LogP) is 1.62. The number of thiophene rings is 1. The SMILES string of the molecule is O=C(c1cccs1)C1CCCN(C(=O)CN2CCOC2=O)C1. The second-order valence-electron chi connectivity index (χ2n) is 5.56. The Morgan fingerprint density at radius 3 is 2.91 bits per heavy atom. The smallest absolute Gasteiger partial charge is 0.410 e. The molecule has 0 aromatic carbocycles. The van der Waals surface area contributed by atoms with Crippen molar-refractivity contribution in [1.29, 1.82) is 0 Å². The van der Waals surface area contributed by atoms with Crippen molar-refractivity contribution in [2.24, 2.45) is 5.92 Å². The van der Waals surface area contributed by atoms with Gasteiger partial charge in [0.25, 0.3) is 0 Å². The molecule has 22 heavy (non-hydrogen) atoms. The van der Waals surface area contributed by atoms with Gasteiger partial charge in [-0.15, -0.1) is 11.3 Å². The molecule has 1 aromatic rings. The molecule has 6 nitrogen and oxygen atoms in total. The summed E-state index contributed by atoms with van der Waals surface area (Å²) in [6.07, 6.45) is 1.20. The first-order chi connectivity index (χ1) is 10.6. The molecule has 3 rings (SSSR count). The summed E-state index contributed by atoms with van der Waals surface area (Å²) in [5.74, 6) is -0.127. The number of carbonyl (C=O) groups is 3. The van der Waals surface area contributed by atoms with Gasteiger partial charge in [0.1, 0.15) is 13.2 Å². The maximum atomic E-state index is 12.4. The molecular weight excluding hydrogens is 304 g/mol. The largest absolute Gasteiger partial charge is 0.448 e. The molecule has 0 saturated carbocycles. The predicted molar refractivity (Wildman–Crippen MR) is 80.9 cm³/mol. The number of piperidine rings is 1. The number of cyclic esters (lactones) is 1. The van der Waals surface area contributed by atoms with Gasteiger partial charge in [-0.2, -0.15) is 0 Å². The molecule has 1 unspecified atom stereocenters. The molecule has 1 atom stereocenters. The van der Waals surface area contributed by atoms with Gasteiger partial charge in [0, 0.05) is 19.0 Å². The molecule has 7 heteroatoms. The van der Waals surface area contributed by atoms with E-state index in [0.717, 1.165) is 17.7 Å². The highest BCUT2D eigenvalue weighted by atomic mass is 32.1. The lowest BCUT2D eigenvalue weighted by atomic mass is 9.93. The standard InChI is InChI=1S/C15H18N2O4S/c18-13(10-17-6-7-21-15(17)20)16-5-1-3-11(9-16)14(19)12-4-2-8-22-12/h2,4,8,11H,1,3,5-7,9-10H2. The van der Waals surface area contributed by atoms with Crippen LogP contribution >= 0.6 is 11.3 Å². The zero-order valence-corrected chi connectivity index (χ0v) is 13.0. The number of hydrogen-bond acceptors (Lipinski definition) is 5. The van der Waals surface area contributed by atoms with Crippen molar-refractivity contribution in [3.05, 3.63) is 22.4 Å². The minimum absolute atomic E-state index is 0.0404. The van der Waals surface area contributed by atoms with Crippen LogP contribution in [0.3, 0.4) is 0 Å². The van der Waals surface area contributed by atoms with E-state index in [1.165, 1.54) is 16.2 Å². The van der Waals surface area contributed by atoms with Gasteiger partial charge >= 0.3 is 6.09 Å². The molecule has 0 bridgehead atoms. The zero-order valence-electron chi connectivity index (χ0n) is 12.2. The highest BCUT2D eigenvalue weighted by Crippen LogP contribution is 2.23. The molecule has 2 aliphatic heterocycles. The lowest BCUT2D eigenvalue weighted by Crippen LogP contribution is -2.46. The summed E-state index contributed by atoms with van der Waals surface area (Å²) in [4.78, 5) is 40.0. The van der Waals surface area contributed by atoms with E-state index in [9.17, 15) is 14.4 Å². The Hall–Kier alpha value is -1.89. The fourth-order valence-electron chi connectivity index (χ4n) is 2.87. The summed E-state index contributed by atoms with van der Waals surface area (Å²) in [5.41, 5.74) is 0. The van der Waals surface area contributed by atoms with Gasteiger partial charge in [0.15, 0.2) is 5.78 Å². The number of likely N-dealkylation sites (tertiary alicyclic amines) is 1. The van der Waals surface area contributed by atoms with E-state index in [4.69, 9.17) is 4.74 Å². The van der Waals surface area contributed by atoms with Crippen LogP contribution in [0.5, 0.6) is 0 Å². The van der Waals surface area contributed by atoms with Crippen molar-refractivity contribution in [2.75, 3.05) is 32.8 Å². The number of ketones is 1. The van der Waals surface area contributed by atoms with E-state index in [2.05, 4.69) is 0 Å². The van der Waals surface area contributed by atoms with Gasteiger partial charge in [-0.1, -0.05) is 6.07 Å². The summed E-state index contributed by atoms with van der Waals surface area (Å²) >= 11 is 1.44. The van der Waals surface area contributed by atoms with Crippen LogP contribution in [-0.4, -0.2) is 60.4 Å². The molecular formula is C15H18N2O4S. The number of carbonyl (C=O) groups excluding carboxylic acids is 3. The summed E-state index contributed by atoms with van der Waals surface area (Å²) in [7, 11) is 0. The summed E-state index contributed by atoms with van der Waals surface area (Å²) in [6, 6.07) is 3.69. The third-order valence-electron chi connectivity index (χ3n) is 4.08. The first-order valence-electron chi connectivity index (χ1n) is 7.42. The van der Waals surface area contributed by atoms with E-state index in [0.29, 0.717) is 26.2 Å². The lowest BCUT2D eigenvalue weighted by Gasteiger charge is -2.32. The van der Waals surface area contributed by atoms with Crippen molar-refractivity contribution < 1.29 is 19.1 Å². The number of amides is 2. The molecule has 2 saturated heterocycles. The van der Waals surface area contributed by atoms with E-state index in [-0.39, 0.29) is 24.2 Å². The quantitative estimate of drug-likeness (QED) is 0.790. The number of Topliss-reactive ketones (excluding diaryl/α,β-unsaturated/α-hetero) is 1. The number of rotatable bonds is 4. The van der Waals surface area contributed by atoms with Crippen molar-refractivity contribution in [2.45, 2.75) is 12.8 Å². The first-order valence-corrected chi connectivity index (χ1v) is 8.30. The van der Waals surface area contributed by atoms with Gasteiger partial charge in [-0.3, -0.25) is 14.5 Å². The summed E-state index contributed by atoms with van der Waals surface area (Å²) < 4.78 is 4.83. The van der Waals surface area contributed by atoms with Crippen LogP contribution in [0.15, 0.2) is 17.5 Å². The fraction of sp³-hybridized carbons (Fsp3) is 0.533. The van der Waals surface area contributed by atoms with Crippen LogP contribution < -0.4 is 0 Å². The van der Waals surface area contributed by atoms with Gasteiger partial charge in [0.05, 0.1) is 11.4 Å². The number of hydrogen-bond donors (Lipinski definition) is 0. The third-order valence-corrected chi connectivity index (χ3v) is 4.96. The molecule has 2 aliphatic rings. The maximum Gasteiger partial charge on any atom is 0.410 e. The molecule has 1 aromatic heterocycles. The Bertz CT molecular complexity index is 572. The van der Waals surface area contributed by atoms with E-state index in [1.54, 1.807) is 4.90 Å². The molecule has 0 aliphatic carbocycles. The Morgan fingerprint density at radius 1 is 1.36 bits per heavy atom. The van der Waals surface area contributed by atoms with Crippen LogP contribution in [-0.2, 0) is 9.53 Å². The van der Waals surface area contributed by atoms with Crippen LogP contribution in [0.4, 0.5) is 4.79 Å². The Labute approximate surface area is 132 Å². The normalized spacial score (nSPS) is 21.8. The molecule has 0 N–H and O–H groups in total. The van der Waals surface area contributed by atoms with Crippen molar-refractivity contribution in [3.63, 3.8) is 0 Å². The molecule has 2 amide bonds. The highest BCUT2D eigenvalue weighted by Gasteiger charge is 2.32. The highest BCUT2D eigenvalue weighted by molar-refractivity contribution is 7.12. The average molecular weight is 322 g/mol. The first kappa shape index (κ1) is 15.0. The molecule has 0 spiro atoms. The molecule has 2 fully saturated rings. The van der Waals surface area contributed by atoms with Crippen LogP contribution in [0.25, 0.3) is 0 Å². The average Bonchev–Trinajstić information content (AvgIpc) is 3.19. The third kappa shape index (κ3) is 3.14. The van der Waals surface area contributed by atoms with Crippen molar-refractivity contribution in [3.8, 4) is 0 Å². The number of nitrogens with zero attached hydrogens (tertiary/aromatic N) is 2. The van der Waals surface area contributed by atoms with Gasteiger partial charge in [-0.05, 0) is 24.3 Å². The summed E-state index contributed by atoms with van der Waals surface area (Å²) in [6.45, 7) is 1.93. The van der Waals surface area contributed by atoms with E-state index < -0.39 is 6.09 Å². The zero-order chi connectivity index (χ0) is 15.5.